The maximum absolute atomic E-state index is 14.3. The van der Waals surface area contributed by atoms with E-state index in [0.717, 1.165) is 52.5 Å². The molecule has 6 rings (SSSR count). The molecule has 2 heterocycles. The summed E-state index contributed by atoms with van der Waals surface area (Å²) in [6.07, 6.45) is 6.59. The van der Waals surface area contributed by atoms with Crippen LogP contribution in [0.5, 0.6) is 11.5 Å². The molecule has 5 aromatic rings. The Labute approximate surface area is 271 Å². The van der Waals surface area contributed by atoms with Gasteiger partial charge < -0.3 is 19.7 Å². The molecule has 0 atom stereocenters. The fraction of sp³-hybridized carbons (Fsp3) is 0.250. The van der Waals surface area contributed by atoms with Crippen molar-refractivity contribution in [3.63, 3.8) is 0 Å². The van der Waals surface area contributed by atoms with Crippen molar-refractivity contribution >= 4 is 44.8 Å². The number of methoxy groups -OCH3 is 2. The molecule has 45 heavy (non-hydrogen) atoms. The minimum Gasteiger partial charge on any atom is -0.493 e. The van der Waals surface area contributed by atoms with Crippen LogP contribution in [0.1, 0.15) is 51.3 Å². The lowest BCUT2D eigenvalue weighted by Crippen LogP contribution is -2.45. The zero-order valence-electron chi connectivity index (χ0n) is 25.2. The third-order valence-corrected chi connectivity index (χ3v) is 10.1. The van der Waals surface area contributed by atoms with Gasteiger partial charge in [-0.15, -0.1) is 11.3 Å². The summed E-state index contributed by atoms with van der Waals surface area (Å²) in [7, 11) is 3.12. The van der Waals surface area contributed by atoms with Crippen molar-refractivity contribution in [1.82, 2.24) is 15.2 Å². The van der Waals surface area contributed by atoms with E-state index in [4.69, 9.17) is 21.1 Å². The number of carbonyl (C=O) groups excluding carboxylic acids is 2. The van der Waals surface area contributed by atoms with Crippen molar-refractivity contribution in [2.75, 3.05) is 14.2 Å². The van der Waals surface area contributed by atoms with Crippen LogP contribution in [0.25, 0.3) is 21.2 Å². The summed E-state index contributed by atoms with van der Waals surface area (Å²) in [5, 5.41) is 4.59. The molecule has 3 aromatic carbocycles. The standard InChI is InChI=1S/C36H34ClN3O4S/c1-43-30-15-10-26(21-31(30)44-2)35(41)39-27-11-13-28(14-12-27)40(36(42)34-33(37)29-8-3-4-9-32(29)45-34)22-23-6-5-7-25(20-23)24-16-18-38-19-17-24/h3-10,15-21,27-28H,11-14,22H2,1-2H3,(H,39,41). The van der Waals surface area contributed by atoms with Crippen molar-refractivity contribution in [3.8, 4) is 22.6 Å². The second-order valence-corrected chi connectivity index (χ2v) is 12.6. The first kappa shape index (κ1) is 30.6. The average Bonchev–Trinajstić information content (AvgIpc) is 3.43. The predicted molar refractivity (Wildman–Crippen MR) is 179 cm³/mol. The average molecular weight is 640 g/mol. The third kappa shape index (κ3) is 6.67. The molecule has 7 nitrogen and oxygen atoms in total. The Kier molecular flexibility index (Phi) is 9.33. The van der Waals surface area contributed by atoms with E-state index in [1.54, 1.807) is 44.8 Å². The Morgan fingerprint density at radius 3 is 2.38 bits per heavy atom. The van der Waals surface area contributed by atoms with E-state index in [2.05, 4.69) is 28.5 Å². The van der Waals surface area contributed by atoms with Crippen molar-refractivity contribution in [2.24, 2.45) is 0 Å². The number of carbonyl (C=O) groups is 2. The van der Waals surface area contributed by atoms with Crippen LogP contribution in [0.15, 0.2) is 91.3 Å². The van der Waals surface area contributed by atoms with Gasteiger partial charge in [-0.25, -0.2) is 0 Å². The minimum absolute atomic E-state index is 0.00160. The van der Waals surface area contributed by atoms with Crippen molar-refractivity contribution in [1.29, 1.82) is 0 Å². The van der Waals surface area contributed by atoms with E-state index in [1.807, 2.05) is 47.4 Å². The van der Waals surface area contributed by atoms with Crippen molar-refractivity contribution in [3.05, 3.63) is 112 Å². The van der Waals surface area contributed by atoms with Crippen LogP contribution in [0.2, 0.25) is 5.02 Å². The molecule has 0 unspecified atom stereocenters. The van der Waals surface area contributed by atoms with Crippen molar-refractivity contribution < 1.29 is 19.1 Å². The van der Waals surface area contributed by atoms with Gasteiger partial charge >= 0.3 is 0 Å². The number of amides is 2. The number of fused-ring (bicyclic) bond motifs is 1. The first-order chi connectivity index (χ1) is 21.9. The predicted octanol–water partition coefficient (Wildman–Crippen LogP) is 8.02. The summed E-state index contributed by atoms with van der Waals surface area (Å²) in [6.45, 7) is 0.454. The lowest BCUT2D eigenvalue weighted by Gasteiger charge is -2.37. The van der Waals surface area contributed by atoms with E-state index >= 15 is 0 Å². The lowest BCUT2D eigenvalue weighted by atomic mass is 9.89. The molecule has 0 aliphatic heterocycles. The zero-order chi connectivity index (χ0) is 31.3. The van der Waals surface area contributed by atoms with Crippen LogP contribution in [0.3, 0.4) is 0 Å². The second kappa shape index (κ2) is 13.7. The number of ether oxygens (including phenoxy) is 2. The van der Waals surface area contributed by atoms with Crippen LogP contribution in [-0.2, 0) is 6.54 Å². The highest BCUT2D eigenvalue weighted by Gasteiger charge is 2.32. The molecule has 0 radical (unpaired) electrons. The largest absolute Gasteiger partial charge is 0.493 e. The Bertz CT molecular complexity index is 1820. The summed E-state index contributed by atoms with van der Waals surface area (Å²) in [6, 6.07) is 25.3. The Morgan fingerprint density at radius 1 is 0.889 bits per heavy atom. The quantitative estimate of drug-likeness (QED) is 0.177. The fourth-order valence-electron chi connectivity index (χ4n) is 6.02. The number of pyridine rings is 1. The molecule has 1 fully saturated rings. The van der Waals surface area contributed by atoms with Gasteiger partial charge in [0, 0.05) is 46.7 Å². The number of nitrogens with zero attached hydrogens (tertiary/aromatic N) is 2. The SMILES string of the molecule is COc1ccc(C(=O)NC2CCC(N(Cc3cccc(-c4ccncc4)c3)C(=O)c3sc4ccccc4c3Cl)CC2)cc1OC. The van der Waals surface area contributed by atoms with Gasteiger partial charge in [-0.1, -0.05) is 48.0 Å². The molecule has 1 N–H and O–H groups in total. The molecule has 0 saturated heterocycles. The number of benzene rings is 3. The van der Waals surface area contributed by atoms with Gasteiger partial charge in [0.2, 0.25) is 0 Å². The van der Waals surface area contributed by atoms with Gasteiger partial charge in [-0.3, -0.25) is 14.6 Å². The Hall–Kier alpha value is -4.40. The number of hydrogen-bond acceptors (Lipinski definition) is 6. The van der Waals surface area contributed by atoms with Crippen LogP contribution in [0.4, 0.5) is 0 Å². The molecule has 0 spiro atoms. The summed E-state index contributed by atoms with van der Waals surface area (Å²) in [5.41, 5.74) is 3.70. The summed E-state index contributed by atoms with van der Waals surface area (Å²) in [5.74, 6) is 0.867. The van der Waals surface area contributed by atoms with Crippen LogP contribution in [-0.4, -0.2) is 48.0 Å². The maximum Gasteiger partial charge on any atom is 0.266 e. The highest BCUT2D eigenvalue weighted by atomic mass is 35.5. The van der Waals surface area contributed by atoms with Gasteiger partial charge in [0.25, 0.3) is 11.8 Å². The fourth-order valence-corrected chi connectivity index (χ4v) is 7.49. The van der Waals surface area contributed by atoms with Gasteiger partial charge in [-0.05, 0) is 84.8 Å². The van der Waals surface area contributed by atoms with E-state index in [9.17, 15) is 9.59 Å². The minimum atomic E-state index is -0.155. The molecule has 2 aromatic heterocycles. The number of thiophene rings is 1. The Morgan fingerprint density at radius 2 is 1.64 bits per heavy atom. The maximum atomic E-state index is 14.3. The van der Waals surface area contributed by atoms with E-state index in [0.29, 0.717) is 33.5 Å². The van der Waals surface area contributed by atoms with Crippen LogP contribution in [0, 0.1) is 0 Å². The van der Waals surface area contributed by atoms with Crippen LogP contribution < -0.4 is 14.8 Å². The molecule has 1 aliphatic carbocycles. The van der Waals surface area contributed by atoms with Crippen molar-refractivity contribution in [2.45, 2.75) is 44.3 Å². The number of halogens is 1. The molecule has 1 saturated carbocycles. The van der Waals surface area contributed by atoms with Gasteiger partial charge in [0.1, 0.15) is 4.88 Å². The van der Waals surface area contributed by atoms with Gasteiger partial charge in [0.15, 0.2) is 11.5 Å². The van der Waals surface area contributed by atoms with Gasteiger partial charge in [-0.2, -0.15) is 0 Å². The molecule has 230 valence electrons. The summed E-state index contributed by atoms with van der Waals surface area (Å²) in [4.78, 5) is 34.1. The normalized spacial score (nSPS) is 16.2. The lowest BCUT2D eigenvalue weighted by molar-refractivity contribution is 0.0597. The smallest absolute Gasteiger partial charge is 0.266 e. The third-order valence-electron chi connectivity index (χ3n) is 8.40. The topological polar surface area (TPSA) is 80.8 Å². The summed E-state index contributed by atoms with van der Waals surface area (Å²) >= 11 is 8.26. The molecule has 9 heteroatoms. The molecule has 1 aliphatic rings. The molecular formula is C36H34ClN3O4S. The number of nitrogens with one attached hydrogen (secondary N) is 1. The monoisotopic (exact) mass is 639 g/mol. The summed E-state index contributed by atoms with van der Waals surface area (Å²) < 4.78 is 11.7. The zero-order valence-corrected chi connectivity index (χ0v) is 26.7. The van der Waals surface area contributed by atoms with E-state index < -0.39 is 0 Å². The first-order valence-corrected chi connectivity index (χ1v) is 16.1. The molecule has 2 amide bonds. The highest BCUT2D eigenvalue weighted by molar-refractivity contribution is 7.21. The molecule has 0 bridgehead atoms. The van der Waals surface area contributed by atoms with E-state index in [1.165, 1.54) is 11.3 Å². The Balaban J connectivity index is 1.22. The first-order valence-electron chi connectivity index (χ1n) is 15.0. The second-order valence-electron chi connectivity index (χ2n) is 11.2. The highest BCUT2D eigenvalue weighted by Crippen LogP contribution is 2.38. The van der Waals surface area contributed by atoms with Gasteiger partial charge in [0.05, 0.1) is 19.2 Å². The number of aromatic nitrogens is 1. The van der Waals surface area contributed by atoms with E-state index in [-0.39, 0.29) is 23.9 Å². The molecular weight excluding hydrogens is 606 g/mol. The number of hydrogen-bond donors (Lipinski definition) is 1. The van der Waals surface area contributed by atoms with Crippen LogP contribution >= 0.6 is 22.9 Å². The number of rotatable bonds is 9.